The Labute approximate surface area is 119 Å². The fourth-order valence-electron chi connectivity index (χ4n) is 3.28. The van der Waals surface area contributed by atoms with Gasteiger partial charge < -0.3 is 19.4 Å². The maximum Gasteiger partial charge on any atom is 0.132 e. The Balaban J connectivity index is 1.58. The van der Waals surface area contributed by atoms with E-state index in [9.17, 15) is 10.2 Å². The van der Waals surface area contributed by atoms with E-state index in [4.69, 9.17) is 9.15 Å². The van der Waals surface area contributed by atoms with Gasteiger partial charge in [-0.3, -0.25) is 4.90 Å². The quantitative estimate of drug-likeness (QED) is 0.819. The average Bonchev–Trinajstić information content (AvgIpc) is 3.05. The van der Waals surface area contributed by atoms with Crippen molar-refractivity contribution in [2.75, 3.05) is 32.9 Å². The summed E-state index contributed by atoms with van der Waals surface area (Å²) in [6.07, 6.45) is 3.99. The molecule has 0 radical (unpaired) electrons. The summed E-state index contributed by atoms with van der Waals surface area (Å²) < 4.78 is 10.5. The highest BCUT2D eigenvalue weighted by molar-refractivity contribution is 5.03. The molecule has 5 heteroatoms. The molecule has 0 bridgehead atoms. The van der Waals surface area contributed by atoms with Crippen LogP contribution >= 0.6 is 0 Å². The minimum Gasteiger partial charge on any atom is -0.467 e. The summed E-state index contributed by atoms with van der Waals surface area (Å²) in [5.74, 6) is 0.640. The summed E-state index contributed by atoms with van der Waals surface area (Å²) in [7, 11) is 0. The van der Waals surface area contributed by atoms with Crippen LogP contribution in [-0.4, -0.2) is 54.1 Å². The molecule has 1 aromatic heterocycles. The van der Waals surface area contributed by atoms with Crippen molar-refractivity contribution in [2.45, 2.75) is 31.4 Å². The second-order valence-corrected chi connectivity index (χ2v) is 6.18. The Bertz CT molecular complexity index is 410. The second-order valence-electron chi connectivity index (χ2n) is 6.18. The van der Waals surface area contributed by atoms with Crippen molar-refractivity contribution >= 4 is 0 Å². The molecule has 0 aromatic carbocycles. The molecule has 2 N–H and O–H groups in total. The van der Waals surface area contributed by atoms with E-state index in [1.807, 2.05) is 6.07 Å². The molecule has 0 aliphatic carbocycles. The second kappa shape index (κ2) is 5.85. The van der Waals surface area contributed by atoms with E-state index in [2.05, 4.69) is 4.90 Å². The van der Waals surface area contributed by atoms with E-state index in [1.165, 1.54) is 0 Å². The largest absolute Gasteiger partial charge is 0.467 e. The summed E-state index contributed by atoms with van der Waals surface area (Å²) in [6, 6.07) is 3.98. The van der Waals surface area contributed by atoms with Crippen molar-refractivity contribution in [3.8, 4) is 0 Å². The van der Waals surface area contributed by atoms with Crippen LogP contribution in [0.1, 0.15) is 31.1 Å². The lowest BCUT2D eigenvalue weighted by Crippen LogP contribution is -2.54. The van der Waals surface area contributed by atoms with E-state index in [0.717, 1.165) is 25.9 Å². The highest BCUT2D eigenvalue weighted by Gasteiger charge is 2.42. The van der Waals surface area contributed by atoms with Gasteiger partial charge in [0.25, 0.3) is 0 Å². The van der Waals surface area contributed by atoms with E-state index in [1.54, 1.807) is 12.3 Å². The third-order valence-electron chi connectivity index (χ3n) is 4.56. The van der Waals surface area contributed by atoms with Gasteiger partial charge in [0.15, 0.2) is 0 Å². The first kappa shape index (κ1) is 14.1. The first-order valence-corrected chi connectivity index (χ1v) is 7.37. The van der Waals surface area contributed by atoms with Crippen molar-refractivity contribution in [3.63, 3.8) is 0 Å². The lowest BCUT2D eigenvalue weighted by molar-refractivity contribution is -0.150. The van der Waals surface area contributed by atoms with Gasteiger partial charge in [-0.2, -0.15) is 0 Å². The fraction of sp³-hybridized carbons (Fsp3) is 0.733. The van der Waals surface area contributed by atoms with E-state index < -0.39 is 6.10 Å². The van der Waals surface area contributed by atoms with E-state index in [0.29, 0.717) is 31.4 Å². The molecule has 2 fully saturated rings. The molecule has 0 amide bonds. The average molecular weight is 281 g/mol. The zero-order valence-electron chi connectivity index (χ0n) is 11.7. The van der Waals surface area contributed by atoms with Gasteiger partial charge in [-0.25, -0.2) is 0 Å². The minimum atomic E-state index is -0.543. The topological polar surface area (TPSA) is 66.1 Å². The predicted octanol–water partition coefficient (Wildman–Crippen LogP) is 1.18. The molecule has 20 heavy (non-hydrogen) atoms. The molecule has 2 aliphatic rings. The van der Waals surface area contributed by atoms with Crippen LogP contribution in [0.25, 0.3) is 0 Å². The lowest BCUT2D eigenvalue weighted by Gasteiger charge is -2.43. The molecule has 0 spiro atoms. The van der Waals surface area contributed by atoms with Crippen LogP contribution in [0.3, 0.4) is 0 Å². The standard InChI is InChI=1S/C15H23NO4/c17-9-15(10-19-11-15)8-16-5-1-3-12(16)7-13(18)14-4-2-6-20-14/h2,4,6,12-13,17-18H,1,3,5,7-11H2. The van der Waals surface area contributed by atoms with Gasteiger partial charge in [-0.15, -0.1) is 0 Å². The zero-order chi connectivity index (χ0) is 14.0. The number of likely N-dealkylation sites (tertiary alicyclic amines) is 1. The first-order chi connectivity index (χ1) is 9.72. The van der Waals surface area contributed by atoms with Crippen LogP contribution in [0.15, 0.2) is 22.8 Å². The summed E-state index contributed by atoms with van der Waals surface area (Å²) in [4.78, 5) is 2.39. The van der Waals surface area contributed by atoms with E-state index in [-0.39, 0.29) is 12.0 Å². The number of ether oxygens (including phenoxy) is 1. The fourth-order valence-corrected chi connectivity index (χ4v) is 3.28. The predicted molar refractivity (Wildman–Crippen MR) is 73.2 cm³/mol. The van der Waals surface area contributed by atoms with Gasteiger partial charge in [0.05, 0.1) is 31.5 Å². The van der Waals surface area contributed by atoms with Crippen molar-refractivity contribution in [3.05, 3.63) is 24.2 Å². The lowest BCUT2D eigenvalue weighted by atomic mass is 9.86. The van der Waals surface area contributed by atoms with Crippen LogP contribution in [0.5, 0.6) is 0 Å². The summed E-state index contributed by atoms with van der Waals surface area (Å²) in [5, 5.41) is 19.8. The Hall–Kier alpha value is -0.880. The molecular formula is C15H23NO4. The van der Waals surface area contributed by atoms with Gasteiger partial charge in [-0.05, 0) is 37.9 Å². The Morgan fingerprint density at radius 2 is 2.30 bits per heavy atom. The Kier molecular flexibility index (Phi) is 4.12. The number of nitrogens with zero attached hydrogens (tertiary/aromatic N) is 1. The number of aliphatic hydroxyl groups excluding tert-OH is 2. The van der Waals surface area contributed by atoms with E-state index >= 15 is 0 Å². The van der Waals surface area contributed by atoms with Crippen LogP contribution in [-0.2, 0) is 4.74 Å². The van der Waals surface area contributed by atoms with Gasteiger partial charge in [-0.1, -0.05) is 0 Å². The smallest absolute Gasteiger partial charge is 0.132 e. The summed E-state index contributed by atoms with van der Waals surface area (Å²) >= 11 is 0. The number of rotatable bonds is 6. The molecular weight excluding hydrogens is 258 g/mol. The Morgan fingerprint density at radius 1 is 1.45 bits per heavy atom. The minimum absolute atomic E-state index is 0.0851. The van der Waals surface area contributed by atoms with Gasteiger partial charge >= 0.3 is 0 Å². The molecule has 1 aromatic rings. The van der Waals surface area contributed by atoms with Gasteiger partial charge in [0.2, 0.25) is 0 Å². The summed E-state index contributed by atoms with van der Waals surface area (Å²) in [5.41, 5.74) is -0.0851. The van der Waals surface area contributed by atoms with Crippen molar-refractivity contribution in [1.82, 2.24) is 4.90 Å². The third kappa shape index (κ3) is 2.76. The number of aliphatic hydroxyl groups is 2. The number of hydrogen-bond acceptors (Lipinski definition) is 5. The molecule has 5 nitrogen and oxygen atoms in total. The zero-order valence-corrected chi connectivity index (χ0v) is 11.7. The third-order valence-corrected chi connectivity index (χ3v) is 4.56. The molecule has 112 valence electrons. The molecule has 3 rings (SSSR count). The maximum atomic E-state index is 10.2. The normalized spacial score (nSPS) is 27.4. The van der Waals surface area contributed by atoms with Crippen molar-refractivity contribution < 1.29 is 19.4 Å². The first-order valence-electron chi connectivity index (χ1n) is 7.37. The molecule has 2 unspecified atom stereocenters. The van der Waals surface area contributed by atoms with Crippen molar-refractivity contribution in [1.29, 1.82) is 0 Å². The van der Waals surface area contributed by atoms with Crippen LogP contribution in [0.4, 0.5) is 0 Å². The highest BCUT2D eigenvalue weighted by atomic mass is 16.5. The molecule has 2 saturated heterocycles. The van der Waals surface area contributed by atoms with Gasteiger partial charge in [0.1, 0.15) is 11.9 Å². The molecule has 0 saturated carbocycles. The SMILES string of the molecule is OCC1(CN2CCCC2CC(O)c2ccco2)COC1. The number of furan rings is 1. The highest BCUT2D eigenvalue weighted by Crippen LogP contribution is 2.33. The molecule has 2 atom stereocenters. The van der Waals surface area contributed by atoms with Crippen LogP contribution in [0.2, 0.25) is 0 Å². The molecule has 3 heterocycles. The van der Waals surface area contributed by atoms with Gasteiger partial charge in [0, 0.05) is 12.6 Å². The number of hydrogen-bond donors (Lipinski definition) is 2. The monoisotopic (exact) mass is 281 g/mol. The van der Waals surface area contributed by atoms with Crippen LogP contribution in [0, 0.1) is 5.41 Å². The Morgan fingerprint density at radius 3 is 2.90 bits per heavy atom. The molecule has 2 aliphatic heterocycles. The summed E-state index contributed by atoms with van der Waals surface area (Å²) in [6.45, 7) is 3.37. The van der Waals surface area contributed by atoms with Crippen LogP contribution < -0.4 is 0 Å². The van der Waals surface area contributed by atoms with Crippen molar-refractivity contribution in [2.24, 2.45) is 5.41 Å². The maximum absolute atomic E-state index is 10.2.